The van der Waals surface area contributed by atoms with Crippen LogP contribution >= 0.6 is 0 Å². The zero-order valence-corrected chi connectivity index (χ0v) is 7.20. The van der Waals surface area contributed by atoms with Crippen molar-refractivity contribution in [3.05, 3.63) is 0 Å². The van der Waals surface area contributed by atoms with Gasteiger partial charge in [0.15, 0.2) is 6.29 Å². The lowest BCUT2D eigenvalue weighted by molar-refractivity contribution is -0.287. The molecule has 0 aromatic carbocycles. The summed E-state index contributed by atoms with van der Waals surface area (Å²) in [5, 5.41) is 36.7. The zero-order chi connectivity index (χ0) is 10.0. The Morgan fingerprint density at radius 2 is 1.69 bits per heavy atom. The molecule has 1 rings (SSSR count). The molecule has 1 fully saturated rings. The van der Waals surface area contributed by atoms with E-state index in [0.717, 1.165) is 0 Å². The monoisotopic (exact) mass is 194 g/mol. The average molecular weight is 194 g/mol. The highest BCUT2D eigenvalue weighted by atomic mass is 16.6. The summed E-state index contributed by atoms with van der Waals surface area (Å²) in [6, 6.07) is 0. The third kappa shape index (κ3) is 2.16. The van der Waals surface area contributed by atoms with Crippen LogP contribution in [0.1, 0.15) is 0 Å². The van der Waals surface area contributed by atoms with E-state index in [1.807, 2.05) is 0 Å². The lowest BCUT2D eigenvalue weighted by Gasteiger charge is -2.37. The fourth-order valence-electron chi connectivity index (χ4n) is 1.23. The fourth-order valence-corrected chi connectivity index (χ4v) is 1.23. The van der Waals surface area contributed by atoms with Crippen molar-refractivity contribution in [3.63, 3.8) is 0 Å². The van der Waals surface area contributed by atoms with Crippen LogP contribution < -0.4 is 0 Å². The van der Waals surface area contributed by atoms with Crippen LogP contribution in [-0.4, -0.2) is 64.8 Å². The Kier molecular flexibility index (Phi) is 3.60. The minimum absolute atomic E-state index is 0.0437. The van der Waals surface area contributed by atoms with Crippen LogP contribution in [-0.2, 0) is 9.47 Å². The van der Waals surface area contributed by atoms with Crippen LogP contribution in [0.5, 0.6) is 0 Å². The smallest absolute Gasteiger partial charge is 0.184 e. The number of rotatable bonds is 2. The lowest BCUT2D eigenvalue weighted by atomic mass is 9.99. The van der Waals surface area contributed by atoms with Gasteiger partial charge in [-0.2, -0.15) is 0 Å². The molecule has 1 aliphatic heterocycles. The molecular weight excluding hydrogens is 180 g/mol. The number of aliphatic hydroxyl groups excluding tert-OH is 4. The van der Waals surface area contributed by atoms with Gasteiger partial charge in [-0.15, -0.1) is 0 Å². The van der Waals surface area contributed by atoms with Gasteiger partial charge < -0.3 is 29.9 Å². The van der Waals surface area contributed by atoms with Crippen molar-refractivity contribution in [1.82, 2.24) is 0 Å². The maximum atomic E-state index is 9.33. The first-order valence-electron chi connectivity index (χ1n) is 3.94. The van der Waals surface area contributed by atoms with Crippen LogP contribution in [0.3, 0.4) is 0 Å². The van der Waals surface area contributed by atoms with E-state index < -0.39 is 30.7 Å². The number of hydrogen-bond donors (Lipinski definition) is 4. The van der Waals surface area contributed by atoms with Gasteiger partial charge in [-0.25, -0.2) is 0 Å². The number of methoxy groups -OCH3 is 1. The van der Waals surface area contributed by atoms with E-state index in [2.05, 4.69) is 0 Å². The van der Waals surface area contributed by atoms with Crippen LogP contribution in [0, 0.1) is 0 Å². The molecule has 6 heteroatoms. The molecule has 4 N–H and O–H groups in total. The van der Waals surface area contributed by atoms with Crippen molar-refractivity contribution in [2.24, 2.45) is 0 Å². The first-order chi connectivity index (χ1) is 6.07. The highest BCUT2D eigenvalue weighted by Gasteiger charge is 2.42. The fraction of sp³-hybridized carbons (Fsp3) is 1.00. The lowest BCUT2D eigenvalue weighted by Crippen LogP contribution is -2.58. The summed E-state index contributed by atoms with van der Waals surface area (Å²) >= 11 is 0. The first-order valence-corrected chi connectivity index (χ1v) is 3.94. The van der Waals surface area contributed by atoms with E-state index in [-0.39, 0.29) is 6.61 Å². The standard InChI is InChI=1S/C7H14O6/c1-12-2-3-4(8)5(9)6(10)7(11)13-3/h3-11H,2H2,1H3/t3?,4-,5?,6-,7?/m1/s1. The largest absolute Gasteiger partial charge is 0.387 e. The van der Waals surface area contributed by atoms with Crippen molar-refractivity contribution < 1.29 is 29.9 Å². The molecule has 6 nitrogen and oxygen atoms in total. The summed E-state index contributed by atoms with van der Waals surface area (Å²) in [6.45, 7) is 0.0437. The molecule has 0 radical (unpaired) electrons. The van der Waals surface area contributed by atoms with Gasteiger partial charge in [0.25, 0.3) is 0 Å². The maximum Gasteiger partial charge on any atom is 0.184 e. The second kappa shape index (κ2) is 4.32. The Labute approximate surface area is 75.3 Å². The Bertz CT molecular complexity index is 163. The van der Waals surface area contributed by atoms with Gasteiger partial charge in [-0.05, 0) is 0 Å². The molecule has 1 heterocycles. The van der Waals surface area contributed by atoms with Crippen LogP contribution in [0.15, 0.2) is 0 Å². The van der Waals surface area contributed by atoms with Crippen molar-refractivity contribution in [2.75, 3.05) is 13.7 Å². The zero-order valence-electron chi connectivity index (χ0n) is 7.20. The van der Waals surface area contributed by atoms with E-state index in [0.29, 0.717) is 0 Å². The number of aliphatic hydroxyl groups is 4. The van der Waals surface area contributed by atoms with Crippen molar-refractivity contribution in [1.29, 1.82) is 0 Å². The molecular formula is C7H14O6. The van der Waals surface area contributed by atoms with Gasteiger partial charge in [0.1, 0.15) is 24.4 Å². The second-order valence-electron chi connectivity index (χ2n) is 2.99. The minimum atomic E-state index is -1.49. The molecule has 78 valence electrons. The second-order valence-corrected chi connectivity index (χ2v) is 2.99. The van der Waals surface area contributed by atoms with Gasteiger partial charge in [0, 0.05) is 7.11 Å². The van der Waals surface area contributed by atoms with E-state index in [4.69, 9.17) is 19.7 Å². The van der Waals surface area contributed by atoms with Gasteiger partial charge in [0.05, 0.1) is 6.61 Å². The third-order valence-corrected chi connectivity index (χ3v) is 2.02. The van der Waals surface area contributed by atoms with Gasteiger partial charge in [-0.1, -0.05) is 0 Å². The van der Waals surface area contributed by atoms with Crippen molar-refractivity contribution in [2.45, 2.75) is 30.7 Å². The van der Waals surface area contributed by atoms with E-state index in [1.54, 1.807) is 0 Å². The molecule has 0 saturated carbocycles. The molecule has 5 atom stereocenters. The van der Waals surface area contributed by atoms with E-state index >= 15 is 0 Å². The molecule has 0 aliphatic carbocycles. The van der Waals surface area contributed by atoms with Crippen LogP contribution in [0.25, 0.3) is 0 Å². The van der Waals surface area contributed by atoms with Crippen LogP contribution in [0.4, 0.5) is 0 Å². The molecule has 3 unspecified atom stereocenters. The normalized spacial score (nSPS) is 46.4. The SMILES string of the molecule is COCC1OC(O)[C@H](O)C(O)[C@@H]1O. The quantitative estimate of drug-likeness (QED) is 0.386. The molecule has 1 saturated heterocycles. The highest BCUT2D eigenvalue weighted by molar-refractivity contribution is 4.88. The Balaban J connectivity index is 2.59. The molecule has 1 aliphatic rings. The van der Waals surface area contributed by atoms with Gasteiger partial charge >= 0.3 is 0 Å². The molecule has 0 spiro atoms. The summed E-state index contributed by atoms with van der Waals surface area (Å²) in [4.78, 5) is 0. The summed E-state index contributed by atoms with van der Waals surface area (Å²) in [7, 11) is 1.40. The Morgan fingerprint density at radius 3 is 2.23 bits per heavy atom. The summed E-state index contributed by atoms with van der Waals surface area (Å²) in [6.07, 6.45) is -6.46. The summed E-state index contributed by atoms with van der Waals surface area (Å²) < 4.78 is 9.49. The topological polar surface area (TPSA) is 99.4 Å². The predicted molar refractivity (Wildman–Crippen MR) is 40.8 cm³/mol. The van der Waals surface area contributed by atoms with E-state index in [9.17, 15) is 10.2 Å². The molecule has 0 amide bonds. The molecule has 0 aromatic rings. The maximum absolute atomic E-state index is 9.33. The third-order valence-electron chi connectivity index (χ3n) is 2.02. The van der Waals surface area contributed by atoms with Crippen molar-refractivity contribution in [3.8, 4) is 0 Å². The first kappa shape index (κ1) is 10.8. The number of hydrogen-bond acceptors (Lipinski definition) is 6. The number of ether oxygens (including phenoxy) is 2. The summed E-state index contributed by atoms with van der Waals surface area (Å²) in [5.74, 6) is 0. The van der Waals surface area contributed by atoms with Crippen LogP contribution in [0.2, 0.25) is 0 Å². The average Bonchev–Trinajstić information content (AvgIpc) is 2.11. The predicted octanol–water partition coefficient (Wildman–Crippen LogP) is -2.57. The van der Waals surface area contributed by atoms with Gasteiger partial charge in [0.2, 0.25) is 0 Å². The Morgan fingerprint density at radius 1 is 1.08 bits per heavy atom. The Hall–Kier alpha value is -0.240. The molecule has 13 heavy (non-hydrogen) atoms. The summed E-state index contributed by atoms with van der Waals surface area (Å²) in [5.41, 5.74) is 0. The minimum Gasteiger partial charge on any atom is -0.387 e. The molecule has 0 aromatic heterocycles. The van der Waals surface area contributed by atoms with Crippen molar-refractivity contribution >= 4 is 0 Å². The van der Waals surface area contributed by atoms with E-state index in [1.165, 1.54) is 7.11 Å². The van der Waals surface area contributed by atoms with Gasteiger partial charge in [-0.3, -0.25) is 0 Å². The molecule has 0 bridgehead atoms. The highest BCUT2D eigenvalue weighted by Crippen LogP contribution is 2.19.